The standard InChI is InChI=1S/C16H20ClNO4/c1-2-22-8-7-15(19)18-9-13(14(10-18)16(20)21)11-3-5-12(17)6-4-11/h3-6,13-14H,2,7-10H2,1H3,(H,20,21)/t13-,14+/m0/s1. The lowest BCUT2D eigenvalue weighted by Gasteiger charge is -2.16. The minimum atomic E-state index is -0.875. The predicted molar refractivity (Wildman–Crippen MR) is 83.0 cm³/mol. The summed E-state index contributed by atoms with van der Waals surface area (Å²) < 4.78 is 5.18. The van der Waals surface area contributed by atoms with Crippen molar-refractivity contribution in [3.05, 3.63) is 34.9 Å². The number of hydrogen-bond donors (Lipinski definition) is 1. The Kier molecular flexibility index (Phi) is 5.80. The maximum absolute atomic E-state index is 12.2. The van der Waals surface area contributed by atoms with Crippen LogP contribution in [0.25, 0.3) is 0 Å². The molecule has 1 aliphatic heterocycles. The first-order valence-corrected chi connectivity index (χ1v) is 7.74. The van der Waals surface area contributed by atoms with Gasteiger partial charge < -0.3 is 14.7 Å². The molecule has 1 aromatic carbocycles. The summed E-state index contributed by atoms with van der Waals surface area (Å²) in [5.74, 6) is -1.72. The molecule has 22 heavy (non-hydrogen) atoms. The molecule has 0 unspecified atom stereocenters. The number of likely N-dealkylation sites (tertiary alicyclic amines) is 1. The van der Waals surface area contributed by atoms with Crippen molar-refractivity contribution < 1.29 is 19.4 Å². The number of halogens is 1. The highest BCUT2D eigenvalue weighted by molar-refractivity contribution is 6.30. The van der Waals surface area contributed by atoms with Crippen LogP contribution in [-0.2, 0) is 14.3 Å². The van der Waals surface area contributed by atoms with E-state index in [1.165, 1.54) is 0 Å². The molecule has 5 nitrogen and oxygen atoms in total. The van der Waals surface area contributed by atoms with Crippen LogP contribution in [0.5, 0.6) is 0 Å². The Morgan fingerprint density at radius 3 is 2.59 bits per heavy atom. The van der Waals surface area contributed by atoms with E-state index in [0.29, 0.717) is 24.8 Å². The molecule has 1 N–H and O–H groups in total. The molecule has 120 valence electrons. The maximum Gasteiger partial charge on any atom is 0.308 e. The number of ether oxygens (including phenoxy) is 1. The third-order valence-electron chi connectivity index (χ3n) is 3.95. The molecule has 2 rings (SSSR count). The second-order valence-corrected chi connectivity index (χ2v) is 5.78. The van der Waals surface area contributed by atoms with Gasteiger partial charge in [0.2, 0.25) is 5.91 Å². The van der Waals surface area contributed by atoms with Gasteiger partial charge in [-0.25, -0.2) is 0 Å². The van der Waals surface area contributed by atoms with E-state index in [1.54, 1.807) is 17.0 Å². The van der Waals surface area contributed by atoms with Gasteiger partial charge >= 0.3 is 5.97 Å². The van der Waals surface area contributed by atoms with Gasteiger partial charge in [-0.2, -0.15) is 0 Å². The highest BCUT2D eigenvalue weighted by Crippen LogP contribution is 2.33. The minimum Gasteiger partial charge on any atom is -0.481 e. The lowest BCUT2D eigenvalue weighted by molar-refractivity contribution is -0.141. The molecule has 1 aliphatic rings. The Bertz CT molecular complexity index is 531. The Labute approximate surface area is 134 Å². The molecule has 0 aromatic heterocycles. The van der Waals surface area contributed by atoms with Crippen LogP contribution >= 0.6 is 11.6 Å². The van der Waals surface area contributed by atoms with Crippen LogP contribution in [0.15, 0.2) is 24.3 Å². The summed E-state index contributed by atoms with van der Waals surface area (Å²) in [5.41, 5.74) is 0.900. The monoisotopic (exact) mass is 325 g/mol. The Morgan fingerprint density at radius 1 is 1.32 bits per heavy atom. The molecular weight excluding hydrogens is 306 g/mol. The normalized spacial score (nSPS) is 21.1. The Balaban J connectivity index is 2.08. The molecule has 0 spiro atoms. The molecule has 0 radical (unpaired) electrons. The molecular formula is C16H20ClNO4. The lowest BCUT2D eigenvalue weighted by atomic mass is 9.89. The summed E-state index contributed by atoms with van der Waals surface area (Å²) in [7, 11) is 0. The fourth-order valence-corrected chi connectivity index (χ4v) is 2.89. The number of carbonyl (C=O) groups is 2. The first-order chi connectivity index (χ1) is 10.5. The summed E-state index contributed by atoms with van der Waals surface area (Å²) >= 11 is 5.87. The summed E-state index contributed by atoms with van der Waals surface area (Å²) in [4.78, 5) is 25.3. The number of carboxylic acids is 1. The molecule has 2 atom stereocenters. The van der Waals surface area contributed by atoms with Gasteiger partial charge in [-0.1, -0.05) is 23.7 Å². The summed E-state index contributed by atoms with van der Waals surface area (Å²) in [6, 6.07) is 7.15. The van der Waals surface area contributed by atoms with E-state index in [-0.39, 0.29) is 24.8 Å². The Hall–Kier alpha value is -1.59. The van der Waals surface area contributed by atoms with Crippen molar-refractivity contribution in [3.63, 3.8) is 0 Å². The van der Waals surface area contributed by atoms with E-state index in [4.69, 9.17) is 16.3 Å². The molecule has 1 saturated heterocycles. The number of amides is 1. The highest BCUT2D eigenvalue weighted by Gasteiger charge is 2.40. The molecule has 0 bridgehead atoms. The largest absolute Gasteiger partial charge is 0.481 e. The van der Waals surface area contributed by atoms with Crippen LogP contribution in [0.1, 0.15) is 24.8 Å². The van der Waals surface area contributed by atoms with E-state index in [9.17, 15) is 14.7 Å². The van der Waals surface area contributed by atoms with E-state index in [1.807, 2.05) is 19.1 Å². The number of rotatable bonds is 6. The lowest BCUT2D eigenvalue weighted by Crippen LogP contribution is -2.30. The van der Waals surface area contributed by atoms with Gasteiger partial charge in [0.15, 0.2) is 0 Å². The van der Waals surface area contributed by atoms with E-state index in [2.05, 4.69) is 0 Å². The third-order valence-corrected chi connectivity index (χ3v) is 4.20. The van der Waals surface area contributed by atoms with E-state index in [0.717, 1.165) is 5.56 Å². The number of benzene rings is 1. The van der Waals surface area contributed by atoms with Crippen LogP contribution < -0.4 is 0 Å². The van der Waals surface area contributed by atoms with Gasteiger partial charge in [-0.15, -0.1) is 0 Å². The third kappa shape index (κ3) is 3.99. The highest BCUT2D eigenvalue weighted by atomic mass is 35.5. The molecule has 1 heterocycles. The van der Waals surface area contributed by atoms with Crippen molar-refractivity contribution in [3.8, 4) is 0 Å². The van der Waals surface area contributed by atoms with E-state index >= 15 is 0 Å². The van der Waals surface area contributed by atoms with Crippen molar-refractivity contribution in [2.75, 3.05) is 26.3 Å². The summed E-state index contributed by atoms with van der Waals surface area (Å²) in [6.07, 6.45) is 0.285. The van der Waals surface area contributed by atoms with Gasteiger partial charge in [-0.05, 0) is 24.6 Å². The summed E-state index contributed by atoms with van der Waals surface area (Å²) in [6.45, 7) is 3.47. The maximum atomic E-state index is 12.2. The second-order valence-electron chi connectivity index (χ2n) is 5.35. The molecule has 0 aliphatic carbocycles. The molecule has 1 fully saturated rings. The SMILES string of the molecule is CCOCCC(=O)N1C[C@@H](C(=O)O)[C@H](c2ccc(Cl)cc2)C1. The van der Waals surface area contributed by atoms with Crippen LogP contribution in [-0.4, -0.2) is 48.2 Å². The van der Waals surface area contributed by atoms with Gasteiger partial charge in [0.05, 0.1) is 18.9 Å². The zero-order chi connectivity index (χ0) is 16.1. The number of nitrogens with zero attached hydrogens (tertiary/aromatic N) is 1. The van der Waals surface area contributed by atoms with Gasteiger partial charge in [0.1, 0.15) is 0 Å². The van der Waals surface area contributed by atoms with Crippen molar-refractivity contribution >= 4 is 23.5 Å². The predicted octanol–water partition coefficient (Wildman–Crippen LogP) is 2.39. The minimum absolute atomic E-state index is 0.0591. The average molecular weight is 326 g/mol. The molecule has 0 saturated carbocycles. The molecule has 1 aromatic rings. The zero-order valence-corrected chi connectivity index (χ0v) is 13.3. The van der Waals surface area contributed by atoms with Crippen LogP contribution in [0.4, 0.5) is 0 Å². The summed E-state index contributed by atoms with van der Waals surface area (Å²) in [5, 5.41) is 10.0. The number of hydrogen-bond acceptors (Lipinski definition) is 3. The van der Waals surface area contributed by atoms with Crippen molar-refractivity contribution in [2.45, 2.75) is 19.3 Å². The number of aliphatic carboxylic acids is 1. The van der Waals surface area contributed by atoms with Crippen molar-refractivity contribution in [1.29, 1.82) is 0 Å². The number of carbonyl (C=O) groups excluding carboxylic acids is 1. The molecule has 6 heteroatoms. The first-order valence-electron chi connectivity index (χ1n) is 7.36. The Morgan fingerprint density at radius 2 is 2.00 bits per heavy atom. The van der Waals surface area contributed by atoms with Crippen molar-refractivity contribution in [1.82, 2.24) is 4.90 Å². The fourth-order valence-electron chi connectivity index (χ4n) is 2.77. The fraction of sp³-hybridized carbons (Fsp3) is 0.500. The van der Waals surface area contributed by atoms with E-state index < -0.39 is 11.9 Å². The van der Waals surface area contributed by atoms with Crippen molar-refractivity contribution in [2.24, 2.45) is 5.92 Å². The first kappa shape index (κ1) is 16.8. The topological polar surface area (TPSA) is 66.8 Å². The average Bonchev–Trinajstić information content (AvgIpc) is 2.93. The second kappa shape index (κ2) is 7.61. The quantitative estimate of drug-likeness (QED) is 0.816. The van der Waals surface area contributed by atoms with Crippen LogP contribution in [0.3, 0.4) is 0 Å². The van der Waals surface area contributed by atoms with Gasteiger partial charge in [0, 0.05) is 30.6 Å². The van der Waals surface area contributed by atoms with Gasteiger partial charge in [-0.3, -0.25) is 9.59 Å². The number of carboxylic acid groups (broad SMARTS) is 1. The van der Waals surface area contributed by atoms with Gasteiger partial charge in [0.25, 0.3) is 0 Å². The van der Waals surface area contributed by atoms with Crippen LogP contribution in [0.2, 0.25) is 5.02 Å². The molecule has 1 amide bonds. The van der Waals surface area contributed by atoms with Crippen LogP contribution in [0, 0.1) is 5.92 Å². The zero-order valence-electron chi connectivity index (χ0n) is 12.5. The smallest absolute Gasteiger partial charge is 0.308 e.